The van der Waals surface area contributed by atoms with Crippen molar-refractivity contribution < 1.29 is 15.0 Å². The van der Waals surface area contributed by atoms with E-state index in [9.17, 15) is 4.79 Å². The average molecular weight is 170 g/mol. The molecule has 0 atom stereocenters. The minimum Gasteiger partial charge on any atom is -0.504 e. The summed E-state index contributed by atoms with van der Waals surface area (Å²) < 4.78 is 1.40. The molecule has 0 aliphatic carbocycles. The molecule has 1 rings (SSSR count). The lowest BCUT2D eigenvalue weighted by Crippen LogP contribution is -2.04. The molecule has 0 aliphatic rings. The molecule has 0 bridgehead atoms. The van der Waals surface area contributed by atoms with Crippen LogP contribution in [0.1, 0.15) is 30.4 Å². The molecule has 0 spiro atoms. The first-order chi connectivity index (χ1) is 5.52. The Morgan fingerprint density at radius 2 is 2.25 bits per heavy atom. The molecule has 2 N–H and O–H groups in total. The van der Waals surface area contributed by atoms with E-state index in [1.165, 1.54) is 10.9 Å². The number of hydrogen-bond acceptors (Lipinski definition) is 3. The standard InChI is InChI=1S/C7H10N2O3/c1-4(2)9-3-5(10)6(8-9)7(11)12/h3-4,10H,1-2H3,(H,11,12). The number of aromatic nitrogens is 2. The molecular weight excluding hydrogens is 160 g/mol. The van der Waals surface area contributed by atoms with Gasteiger partial charge in [-0.3, -0.25) is 4.68 Å². The van der Waals surface area contributed by atoms with Crippen molar-refractivity contribution in [2.24, 2.45) is 0 Å². The van der Waals surface area contributed by atoms with Gasteiger partial charge in [-0.2, -0.15) is 5.10 Å². The summed E-state index contributed by atoms with van der Waals surface area (Å²) in [7, 11) is 0. The summed E-state index contributed by atoms with van der Waals surface area (Å²) in [5, 5.41) is 21.3. The van der Waals surface area contributed by atoms with Gasteiger partial charge in [-0.15, -0.1) is 0 Å². The lowest BCUT2D eigenvalue weighted by molar-refractivity contribution is 0.0686. The Hall–Kier alpha value is -1.52. The van der Waals surface area contributed by atoms with Gasteiger partial charge in [0.1, 0.15) is 0 Å². The SMILES string of the molecule is CC(C)n1cc(O)c(C(=O)O)n1. The van der Waals surface area contributed by atoms with E-state index in [0.717, 1.165) is 0 Å². The highest BCUT2D eigenvalue weighted by Crippen LogP contribution is 2.16. The number of rotatable bonds is 2. The second kappa shape index (κ2) is 2.84. The number of nitrogens with zero attached hydrogens (tertiary/aromatic N) is 2. The van der Waals surface area contributed by atoms with Crippen molar-refractivity contribution in [1.29, 1.82) is 0 Å². The van der Waals surface area contributed by atoms with Crippen molar-refractivity contribution >= 4 is 5.97 Å². The molecule has 0 aromatic carbocycles. The predicted octanol–water partition coefficient (Wildman–Crippen LogP) is 0.868. The summed E-state index contributed by atoms with van der Waals surface area (Å²) in [6, 6.07) is 0.0454. The van der Waals surface area contributed by atoms with Crippen LogP contribution in [0.2, 0.25) is 0 Å². The van der Waals surface area contributed by atoms with Crippen LogP contribution in [-0.2, 0) is 0 Å². The number of aromatic carboxylic acids is 1. The molecule has 12 heavy (non-hydrogen) atoms. The van der Waals surface area contributed by atoms with Crippen LogP contribution in [0.25, 0.3) is 0 Å². The number of carbonyl (C=O) groups is 1. The second-order valence-corrected chi connectivity index (χ2v) is 2.74. The van der Waals surface area contributed by atoms with Crippen LogP contribution in [0.5, 0.6) is 5.75 Å². The van der Waals surface area contributed by atoms with E-state index in [-0.39, 0.29) is 17.5 Å². The normalized spacial score (nSPS) is 10.6. The summed E-state index contributed by atoms with van der Waals surface area (Å²) in [6.07, 6.45) is 1.30. The van der Waals surface area contributed by atoms with Crippen LogP contribution in [0.4, 0.5) is 0 Å². The van der Waals surface area contributed by atoms with Gasteiger partial charge in [-0.25, -0.2) is 4.79 Å². The maximum atomic E-state index is 10.4. The first kappa shape index (κ1) is 8.58. The molecule has 1 heterocycles. The summed E-state index contributed by atoms with van der Waals surface area (Å²) in [4.78, 5) is 10.4. The Kier molecular flexibility index (Phi) is 2.03. The summed E-state index contributed by atoms with van der Waals surface area (Å²) >= 11 is 0. The van der Waals surface area contributed by atoms with Crippen LogP contribution >= 0.6 is 0 Å². The quantitative estimate of drug-likeness (QED) is 0.690. The molecule has 0 radical (unpaired) electrons. The smallest absolute Gasteiger partial charge is 0.360 e. The third kappa shape index (κ3) is 1.39. The molecule has 0 saturated carbocycles. The van der Waals surface area contributed by atoms with Crippen LogP contribution in [-0.4, -0.2) is 26.0 Å². The van der Waals surface area contributed by atoms with Gasteiger partial charge in [0.05, 0.1) is 6.20 Å². The molecule has 1 aromatic rings. The average Bonchev–Trinajstić information content (AvgIpc) is 2.30. The number of carboxylic acids is 1. The molecule has 66 valence electrons. The molecule has 0 unspecified atom stereocenters. The zero-order valence-corrected chi connectivity index (χ0v) is 6.85. The van der Waals surface area contributed by atoms with Gasteiger partial charge >= 0.3 is 5.97 Å². The van der Waals surface area contributed by atoms with E-state index in [2.05, 4.69) is 5.10 Å². The Balaban J connectivity index is 3.09. The molecule has 0 saturated heterocycles. The van der Waals surface area contributed by atoms with Crippen molar-refractivity contribution in [1.82, 2.24) is 9.78 Å². The Bertz CT molecular complexity index is 304. The molecule has 0 aliphatic heterocycles. The highest BCUT2D eigenvalue weighted by atomic mass is 16.4. The molecule has 0 amide bonds. The fraction of sp³-hybridized carbons (Fsp3) is 0.429. The molecule has 0 fully saturated rings. The minimum atomic E-state index is -1.22. The minimum absolute atomic E-state index is 0.0454. The van der Waals surface area contributed by atoms with Gasteiger partial charge in [0, 0.05) is 6.04 Å². The van der Waals surface area contributed by atoms with Gasteiger partial charge in [-0.1, -0.05) is 0 Å². The van der Waals surface area contributed by atoms with E-state index in [1.54, 1.807) is 0 Å². The first-order valence-corrected chi connectivity index (χ1v) is 3.53. The van der Waals surface area contributed by atoms with Crippen molar-refractivity contribution in [2.75, 3.05) is 0 Å². The highest BCUT2D eigenvalue weighted by molar-refractivity contribution is 5.88. The van der Waals surface area contributed by atoms with Crippen LogP contribution in [0.3, 0.4) is 0 Å². The van der Waals surface area contributed by atoms with Crippen LogP contribution < -0.4 is 0 Å². The predicted molar refractivity (Wildman–Crippen MR) is 41.2 cm³/mol. The van der Waals surface area contributed by atoms with E-state index in [0.29, 0.717) is 0 Å². The maximum Gasteiger partial charge on any atom is 0.360 e. The fourth-order valence-electron chi connectivity index (χ4n) is 0.799. The van der Waals surface area contributed by atoms with Gasteiger partial charge in [0.25, 0.3) is 0 Å². The van der Waals surface area contributed by atoms with Crippen molar-refractivity contribution in [3.8, 4) is 5.75 Å². The monoisotopic (exact) mass is 170 g/mol. The van der Waals surface area contributed by atoms with E-state index >= 15 is 0 Å². The fourth-order valence-corrected chi connectivity index (χ4v) is 0.799. The molecule has 5 heteroatoms. The van der Waals surface area contributed by atoms with Gasteiger partial charge in [0.2, 0.25) is 5.69 Å². The molecule has 5 nitrogen and oxygen atoms in total. The Morgan fingerprint density at radius 1 is 1.67 bits per heavy atom. The summed E-state index contributed by atoms with van der Waals surface area (Å²) in [5.41, 5.74) is -0.302. The molecular formula is C7H10N2O3. The van der Waals surface area contributed by atoms with Crippen molar-refractivity contribution in [3.05, 3.63) is 11.9 Å². The Labute approximate surface area is 69.2 Å². The van der Waals surface area contributed by atoms with Gasteiger partial charge in [0.15, 0.2) is 5.75 Å². The van der Waals surface area contributed by atoms with Gasteiger partial charge in [-0.05, 0) is 13.8 Å². The zero-order valence-electron chi connectivity index (χ0n) is 6.85. The van der Waals surface area contributed by atoms with Crippen molar-refractivity contribution in [3.63, 3.8) is 0 Å². The maximum absolute atomic E-state index is 10.4. The largest absolute Gasteiger partial charge is 0.504 e. The summed E-state index contributed by atoms with van der Waals surface area (Å²) in [5.74, 6) is -1.51. The summed E-state index contributed by atoms with van der Waals surface area (Å²) in [6.45, 7) is 3.69. The first-order valence-electron chi connectivity index (χ1n) is 3.53. The number of aromatic hydroxyl groups is 1. The van der Waals surface area contributed by atoms with Gasteiger partial charge < -0.3 is 10.2 Å². The number of hydrogen-bond donors (Lipinski definition) is 2. The van der Waals surface area contributed by atoms with Crippen LogP contribution in [0.15, 0.2) is 6.20 Å². The highest BCUT2D eigenvalue weighted by Gasteiger charge is 2.15. The van der Waals surface area contributed by atoms with E-state index in [4.69, 9.17) is 10.2 Å². The zero-order chi connectivity index (χ0) is 9.30. The molecule has 1 aromatic heterocycles. The topological polar surface area (TPSA) is 75.4 Å². The second-order valence-electron chi connectivity index (χ2n) is 2.74. The van der Waals surface area contributed by atoms with Crippen molar-refractivity contribution in [2.45, 2.75) is 19.9 Å². The number of carboxylic acid groups (broad SMARTS) is 1. The Morgan fingerprint density at radius 3 is 2.50 bits per heavy atom. The van der Waals surface area contributed by atoms with E-state index < -0.39 is 5.97 Å². The third-order valence-electron chi connectivity index (χ3n) is 1.44. The van der Waals surface area contributed by atoms with Crippen LogP contribution in [0, 0.1) is 0 Å². The lowest BCUT2D eigenvalue weighted by atomic mass is 10.4. The third-order valence-corrected chi connectivity index (χ3v) is 1.44. The van der Waals surface area contributed by atoms with E-state index in [1.807, 2.05) is 13.8 Å². The lowest BCUT2D eigenvalue weighted by Gasteiger charge is -2.01.